The molecule has 1 aliphatic heterocycles. The molecule has 0 fully saturated rings. The van der Waals surface area contributed by atoms with Crippen molar-refractivity contribution in [3.8, 4) is 0 Å². The summed E-state index contributed by atoms with van der Waals surface area (Å²) < 4.78 is 25.9. The van der Waals surface area contributed by atoms with Gasteiger partial charge in [0.15, 0.2) is 0 Å². The first-order chi connectivity index (χ1) is 4.64. The van der Waals surface area contributed by atoms with Crippen LogP contribution in [0.3, 0.4) is 0 Å². The Bertz CT molecular complexity index is 271. The average molecular weight is 160 g/mol. The van der Waals surface area contributed by atoms with Crippen molar-refractivity contribution in [2.75, 3.05) is 0 Å². The minimum absolute atomic E-state index is 0.488. The van der Waals surface area contributed by atoms with Gasteiger partial charge in [-0.05, 0) is 12.2 Å². The molecular weight excluding hydrogens is 152 g/mol. The van der Waals surface area contributed by atoms with Crippen molar-refractivity contribution in [1.82, 2.24) is 0 Å². The van der Waals surface area contributed by atoms with Crippen LogP contribution < -0.4 is 0 Å². The predicted octanol–water partition coefficient (Wildman–Crippen LogP) is 1.15. The SMILES string of the molecule is CCC1=CC=CS(=O)(=O)O1. The molecule has 0 aromatic heterocycles. The Morgan fingerprint density at radius 2 is 2.30 bits per heavy atom. The van der Waals surface area contributed by atoms with Crippen LogP contribution in [0, 0.1) is 0 Å². The Labute approximate surface area is 60.1 Å². The molecule has 0 spiro atoms. The van der Waals surface area contributed by atoms with E-state index in [9.17, 15) is 8.42 Å². The maximum absolute atomic E-state index is 10.7. The van der Waals surface area contributed by atoms with Crippen LogP contribution in [-0.2, 0) is 14.3 Å². The van der Waals surface area contributed by atoms with Crippen molar-refractivity contribution < 1.29 is 12.6 Å². The third-order valence-electron chi connectivity index (χ3n) is 1.10. The van der Waals surface area contributed by atoms with Gasteiger partial charge in [-0.15, -0.1) is 0 Å². The van der Waals surface area contributed by atoms with Gasteiger partial charge in [0.1, 0.15) is 5.76 Å². The van der Waals surface area contributed by atoms with Gasteiger partial charge >= 0.3 is 10.1 Å². The van der Waals surface area contributed by atoms with Gasteiger partial charge in [-0.3, -0.25) is 0 Å². The summed E-state index contributed by atoms with van der Waals surface area (Å²) >= 11 is 0. The molecule has 10 heavy (non-hydrogen) atoms. The Kier molecular flexibility index (Phi) is 1.80. The number of hydrogen-bond acceptors (Lipinski definition) is 3. The zero-order chi connectivity index (χ0) is 7.61. The van der Waals surface area contributed by atoms with Crippen LogP contribution in [0.5, 0.6) is 0 Å². The average Bonchev–Trinajstić information content (AvgIpc) is 1.86. The van der Waals surface area contributed by atoms with E-state index in [0.717, 1.165) is 5.41 Å². The van der Waals surface area contributed by atoms with Crippen LogP contribution in [0.25, 0.3) is 0 Å². The quantitative estimate of drug-likeness (QED) is 0.540. The minimum atomic E-state index is -3.39. The van der Waals surface area contributed by atoms with Crippen LogP contribution in [0.15, 0.2) is 23.3 Å². The van der Waals surface area contributed by atoms with E-state index < -0.39 is 10.1 Å². The van der Waals surface area contributed by atoms with Crippen LogP contribution in [-0.4, -0.2) is 8.42 Å². The highest BCUT2D eigenvalue weighted by Gasteiger charge is 2.11. The normalized spacial score (nSPS) is 21.5. The van der Waals surface area contributed by atoms with Gasteiger partial charge in [0, 0.05) is 6.42 Å². The largest absolute Gasteiger partial charge is 0.384 e. The molecule has 0 N–H and O–H groups in total. The molecule has 0 aromatic carbocycles. The molecular formula is C6H8O3S. The molecule has 1 heterocycles. The monoisotopic (exact) mass is 160 g/mol. The third-order valence-corrected chi connectivity index (χ3v) is 2.04. The highest BCUT2D eigenvalue weighted by molar-refractivity contribution is 7.89. The maximum atomic E-state index is 10.7. The van der Waals surface area contributed by atoms with Crippen molar-refractivity contribution >= 4 is 10.1 Å². The van der Waals surface area contributed by atoms with E-state index in [1.807, 2.05) is 6.92 Å². The van der Waals surface area contributed by atoms with E-state index in [-0.39, 0.29) is 0 Å². The predicted molar refractivity (Wildman–Crippen MR) is 37.5 cm³/mol. The molecule has 0 bridgehead atoms. The molecule has 0 aliphatic carbocycles. The number of rotatable bonds is 1. The molecule has 1 rings (SSSR count). The van der Waals surface area contributed by atoms with Gasteiger partial charge in [0.2, 0.25) is 0 Å². The summed E-state index contributed by atoms with van der Waals surface area (Å²) in [4.78, 5) is 0. The maximum Gasteiger partial charge on any atom is 0.331 e. The molecule has 3 nitrogen and oxygen atoms in total. The molecule has 0 saturated carbocycles. The molecule has 0 aromatic rings. The number of allylic oxidation sites excluding steroid dienone is 3. The van der Waals surface area contributed by atoms with Gasteiger partial charge in [-0.2, -0.15) is 8.42 Å². The Morgan fingerprint density at radius 3 is 2.70 bits per heavy atom. The van der Waals surface area contributed by atoms with Crippen LogP contribution >= 0.6 is 0 Å². The summed E-state index contributed by atoms with van der Waals surface area (Å²) in [5, 5.41) is 1.03. The summed E-state index contributed by atoms with van der Waals surface area (Å²) in [5.41, 5.74) is 0. The molecule has 0 unspecified atom stereocenters. The van der Waals surface area contributed by atoms with Crippen molar-refractivity contribution in [1.29, 1.82) is 0 Å². The highest BCUT2D eigenvalue weighted by atomic mass is 32.2. The first-order valence-electron chi connectivity index (χ1n) is 2.96. The topological polar surface area (TPSA) is 43.4 Å². The summed E-state index contributed by atoms with van der Waals surface area (Å²) in [7, 11) is -3.39. The van der Waals surface area contributed by atoms with E-state index >= 15 is 0 Å². The first-order valence-corrected chi connectivity index (χ1v) is 4.43. The molecule has 1 aliphatic rings. The van der Waals surface area contributed by atoms with E-state index in [4.69, 9.17) is 0 Å². The van der Waals surface area contributed by atoms with Crippen molar-refractivity contribution in [2.24, 2.45) is 0 Å². The van der Waals surface area contributed by atoms with Gasteiger partial charge < -0.3 is 4.18 Å². The van der Waals surface area contributed by atoms with Crippen LogP contribution in [0.1, 0.15) is 13.3 Å². The minimum Gasteiger partial charge on any atom is -0.384 e. The van der Waals surface area contributed by atoms with E-state index in [1.54, 1.807) is 6.08 Å². The lowest BCUT2D eigenvalue weighted by Crippen LogP contribution is -2.04. The van der Waals surface area contributed by atoms with Crippen molar-refractivity contribution in [3.05, 3.63) is 23.3 Å². The molecule has 56 valence electrons. The lowest BCUT2D eigenvalue weighted by molar-refractivity contribution is 0.400. The molecule has 4 heteroatoms. The van der Waals surface area contributed by atoms with E-state index in [1.165, 1.54) is 6.08 Å². The van der Waals surface area contributed by atoms with E-state index in [0.29, 0.717) is 12.2 Å². The zero-order valence-corrected chi connectivity index (χ0v) is 6.39. The summed E-state index contributed by atoms with van der Waals surface area (Å²) in [6.45, 7) is 1.83. The summed E-state index contributed by atoms with van der Waals surface area (Å²) in [5.74, 6) is 0.488. The highest BCUT2D eigenvalue weighted by Crippen LogP contribution is 2.13. The Balaban J connectivity index is 2.88. The standard InChI is InChI=1S/C6H8O3S/c1-2-6-4-3-5-10(7,8)9-6/h3-5H,2H2,1H3. The third kappa shape index (κ3) is 1.60. The molecule has 0 atom stereocenters. The first kappa shape index (κ1) is 7.34. The van der Waals surface area contributed by atoms with Crippen molar-refractivity contribution in [2.45, 2.75) is 13.3 Å². The fourth-order valence-corrected chi connectivity index (χ4v) is 1.42. The van der Waals surface area contributed by atoms with Crippen molar-refractivity contribution in [3.63, 3.8) is 0 Å². The summed E-state index contributed by atoms with van der Waals surface area (Å²) in [6.07, 6.45) is 3.71. The molecule has 0 saturated heterocycles. The van der Waals surface area contributed by atoms with Gasteiger partial charge in [-0.1, -0.05) is 6.92 Å². The smallest absolute Gasteiger partial charge is 0.331 e. The second kappa shape index (κ2) is 2.46. The summed E-state index contributed by atoms with van der Waals surface area (Å²) in [6, 6.07) is 0. The Hall–Kier alpha value is -0.770. The van der Waals surface area contributed by atoms with Crippen LogP contribution in [0.4, 0.5) is 0 Å². The van der Waals surface area contributed by atoms with E-state index in [2.05, 4.69) is 4.18 Å². The lowest BCUT2D eigenvalue weighted by atomic mass is 10.3. The fraction of sp³-hybridized carbons (Fsp3) is 0.333. The lowest BCUT2D eigenvalue weighted by Gasteiger charge is -2.07. The second-order valence-corrected chi connectivity index (χ2v) is 3.32. The van der Waals surface area contributed by atoms with Crippen LogP contribution in [0.2, 0.25) is 0 Å². The van der Waals surface area contributed by atoms with Gasteiger partial charge in [-0.25, -0.2) is 0 Å². The Morgan fingerprint density at radius 1 is 1.60 bits per heavy atom. The zero-order valence-electron chi connectivity index (χ0n) is 5.57. The number of hydrogen-bond donors (Lipinski definition) is 0. The van der Waals surface area contributed by atoms with Gasteiger partial charge in [0.25, 0.3) is 0 Å². The molecule has 0 radical (unpaired) electrons. The second-order valence-electron chi connectivity index (χ2n) is 1.89. The van der Waals surface area contributed by atoms with Gasteiger partial charge in [0.05, 0.1) is 5.41 Å². The fourth-order valence-electron chi connectivity index (χ4n) is 0.624. The molecule has 0 amide bonds.